The molecular weight excluding hydrogens is 354 g/mol. The van der Waals surface area contributed by atoms with Gasteiger partial charge < -0.3 is 19.8 Å². The highest BCUT2D eigenvalue weighted by molar-refractivity contribution is 5.86. The molecular formula is C21H21N5O2. The Morgan fingerprint density at radius 1 is 1.21 bits per heavy atom. The molecule has 1 aromatic carbocycles. The average Bonchev–Trinajstić information content (AvgIpc) is 3.30. The third-order valence-corrected chi connectivity index (χ3v) is 5.38. The molecule has 4 aromatic rings. The van der Waals surface area contributed by atoms with Crippen LogP contribution in [-0.2, 0) is 4.74 Å². The van der Waals surface area contributed by atoms with Crippen LogP contribution >= 0.6 is 0 Å². The third-order valence-electron chi connectivity index (χ3n) is 5.38. The number of aromatic nitrogens is 4. The van der Waals surface area contributed by atoms with Crippen LogP contribution in [0, 0.1) is 5.92 Å². The number of nitrogens with two attached hydrogens (primary N) is 1. The van der Waals surface area contributed by atoms with Crippen LogP contribution in [0.4, 0.5) is 5.82 Å². The van der Waals surface area contributed by atoms with Crippen molar-refractivity contribution in [1.29, 1.82) is 0 Å². The summed E-state index contributed by atoms with van der Waals surface area (Å²) in [6.45, 7) is 2.68. The summed E-state index contributed by atoms with van der Waals surface area (Å²) in [5.74, 6) is 1.65. The monoisotopic (exact) mass is 375 g/mol. The number of nitrogens with zero attached hydrogens (tertiary/aromatic N) is 4. The smallest absolute Gasteiger partial charge is 0.147 e. The zero-order valence-electron chi connectivity index (χ0n) is 15.5. The lowest BCUT2D eigenvalue weighted by atomic mass is 10.0. The number of anilines is 1. The molecule has 7 heteroatoms. The van der Waals surface area contributed by atoms with Gasteiger partial charge in [-0.05, 0) is 36.6 Å². The van der Waals surface area contributed by atoms with Gasteiger partial charge in [0.15, 0.2) is 0 Å². The highest BCUT2D eigenvalue weighted by Crippen LogP contribution is 2.36. The van der Waals surface area contributed by atoms with Crippen LogP contribution < -0.4 is 10.5 Å². The average molecular weight is 375 g/mol. The predicted molar refractivity (Wildman–Crippen MR) is 107 cm³/mol. The van der Waals surface area contributed by atoms with E-state index in [9.17, 15) is 0 Å². The number of ether oxygens (including phenoxy) is 2. The molecule has 1 saturated heterocycles. The van der Waals surface area contributed by atoms with Crippen molar-refractivity contribution in [2.24, 2.45) is 5.92 Å². The van der Waals surface area contributed by atoms with E-state index in [0.29, 0.717) is 18.3 Å². The summed E-state index contributed by atoms with van der Waals surface area (Å²) in [7, 11) is 0. The second kappa shape index (κ2) is 6.76. The van der Waals surface area contributed by atoms with Gasteiger partial charge in [-0.15, -0.1) is 0 Å². The highest BCUT2D eigenvalue weighted by Gasteiger charge is 2.34. The van der Waals surface area contributed by atoms with E-state index < -0.39 is 0 Å². The molecule has 3 aromatic heterocycles. The zero-order valence-corrected chi connectivity index (χ0v) is 15.5. The molecule has 0 bridgehead atoms. The quantitative estimate of drug-likeness (QED) is 0.587. The summed E-state index contributed by atoms with van der Waals surface area (Å²) < 4.78 is 14.3. The van der Waals surface area contributed by atoms with E-state index in [1.165, 1.54) is 6.33 Å². The van der Waals surface area contributed by atoms with Crippen LogP contribution in [0.2, 0.25) is 0 Å². The Labute approximate surface area is 162 Å². The van der Waals surface area contributed by atoms with Crippen LogP contribution in [0.5, 0.6) is 5.75 Å². The topological polar surface area (TPSA) is 88.1 Å². The van der Waals surface area contributed by atoms with Crippen LogP contribution in [-0.4, -0.2) is 32.2 Å². The highest BCUT2D eigenvalue weighted by atomic mass is 16.6. The SMILES string of the molecule is CC1CC(n2ccc3c(N)ncnc32)OC1COc1ccc2cccnc2c1. The van der Waals surface area contributed by atoms with Crippen LogP contribution in [0.3, 0.4) is 0 Å². The Hall–Kier alpha value is -3.19. The molecule has 3 unspecified atom stereocenters. The van der Waals surface area contributed by atoms with E-state index in [2.05, 4.69) is 21.9 Å². The fraction of sp³-hybridized carbons (Fsp3) is 0.286. The molecule has 1 fully saturated rings. The Morgan fingerprint density at radius 3 is 3.07 bits per heavy atom. The molecule has 0 spiro atoms. The summed E-state index contributed by atoms with van der Waals surface area (Å²) >= 11 is 0. The second-order valence-corrected chi connectivity index (χ2v) is 7.23. The predicted octanol–water partition coefficient (Wildman–Crippen LogP) is 3.56. The molecule has 0 amide bonds. The van der Waals surface area contributed by atoms with Crippen molar-refractivity contribution in [2.45, 2.75) is 25.7 Å². The fourth-order valence-electron chi connectivity index (χ4n) is 3.78. The van der Waals surface area contributed by atoms with Crippen molar-refractivity contribution in [3.05, 3.63) is 55.1 Å². The first-order valence-corrected chi connectivity index (χ1v) is 9.39. The van der Waals surface area contributed by atoms with Gasteiger partial charge in [0.1, 0.15) is 36.4 Å². The van der Waals surface area contributed by atoms with E-state index in [4.69, 9.17) is 15.2 Å². The molecule has 142 valence electrons. The minimum absolute atomic E-state index is 0.000985. The lowest BCUT2D eigenvalue weighted by Gasteiger charge is -2.17. The molecule has 4 heterocycles. The summed E-state index contributed by atoms with van der Waals surface area (Å²) in [4.78, 5) is 12.8. The molecule has 5 rings (SSSR count). The summed E-state index contributed by atoms with van der Waals surface area (Å²) in [5, 5.41) is 1.95. The maximum Gasteiger partial charge on any atom is 0.147 e. The minimum atomic E-state index is -0.0892. The maximum absolute atomic E-state index is 6.30. The van der Waals surface area contributed by atoms with Gasteiger partial charge >= 0.3 is 0 Å². The summed E-state index contributed by atoms with van der Waals surface area (Å²) in [5.41, 5.74) is 7.67. The van der Waals surface area contributed by atoms with E-state index in [1.54, 1.807) is 6.20 Å². The molecule has 7 nitrogen and oxygen atoms in total. The van der Waals surface area contributed by atoms with E-state index in [-0.39, 0.29) is 12.3 Å². The molecule has 0 saturated carbocycles. The normalized spacial score (nSPS) is 22.1. The number of pyridine rings is 1. The Morgan fingerprint density at radius 2 is 2.14 bits per heavy atom. The van der Waals surface area contributed by atoms with Crippen molar-refractivity contribution in [2.75, 3.05) is 12.3 Å². The van der Waals surface area contributed by atoms with Gasteiger partial charge in [0.25, 0.3) is 0 Å². The third kappa shape index (κ3) is 2.93. The fourth-order valence-corrected chi connectivity index (χ4v) is 3.78. The molecule has 2 N–H and O–H groups in total. The second-order valence-electron chi connectivity index (χ2n) is 7.23. The lowest BCUT2D eigenvalue weighted by Crippen LogP contribution is -2.23. The van der Waals surface area contributed by atoms with Gasteiger partial charge in [-0.25, -0.2) is 9.97 Å². The first-order chi connectivity index (χ1) is 13.7. The van der Waals surface area contributed by atoms with Gasteiger partial charge in [0, 0.05) is 23.8 Å². The van der Waals surface area contributed by atoms with Crippen molar-refractivity contribution in [3.8, 4) is 5.75 Å². The van der Waals surface area contributed by atoms with E-state index in [1.807, 2.05) is 47.2 Å². The van der Waals surface area contributed by atoms with E-state index >= 15 is 0 Å². The van der Waals surface area contributed by atoms with Crippen molar-refractivity contribution >= 4 is 27.8 Å². The van der Waals surface area contributed by atoms with Gasteiger partial charge in [-0.2, -0.15) is 0 Å². The molecule has 0 aliphatic carbocycles. The lowest BCUT2D eigenvalue weighted by molar-refractivity contribution is -0.0224. The van der Waals surface area contributed by atoms with Crippen molar-refractivity contribution < 1.29 is 9.47 Å². The van der Waals surface area contributed by atoms with Gasteiger partial charge in [-0.1, -0.05) is 13.0 Å². The summed E-state index contributed by atoms with van der Waals surface area (Å²) in [6.07, 6.45) is 6.04. The Kier molecular flexibility index (Phi) is 4.09. The molecule has 1 aliphatic heterocycles. The molecule has 1 aliphatic rings. The number of hydrogen-bond donors (Lipinski definition) is 1. The first kappa shape index (κ1) is 16.9. The van der Waals surface area contributed by atoms with Crippen LogP contribution in [0.15, 0.2) is 55.1 Å². The van der Waals surface area contributed by atoms with Crippen LogP contribution in [0.25, 0.3) is 21.9 Å². The number of rotatable bonds is 4. The molecule has 3 atom stereocenters. The van der Waals surface area contributed by atoms with Gasteiger partial charge in [0.05, 0.1) is 17.0 Å². The number of fused-ring (bicyclic) bond motifs is 2. The number of nitrogen functional groups attached to an aromatic ring is 1. The Balaban J connectivity index is 1.30. The Bertz CT molecular complexity index is 1140. The van der Waals surface area contributed by atoms with Crippen molar-refractivity contribution in [3.63, 3.8) is 0 Å². The number of benzene rings is 1. The largest absolute Gasteiger partial charge is 0.491 e. The maximum atomic E-state index is 6.30. The summed E-state index contributed by atoms with van der Waals surface area (Å²) in [6, 6.07) is 11.9. The van der Waals surface area contributed by atoms with Gasteiger partial charge in [0.2, 0.25) is 0 Å². The van der Waals surface area contributed by atoms with Gasteiger partial charge in [-0.3, -0.25) is 4.98 Å². The van der Waals surface area contributed by atoms with E-state index in [0.717, 1.165) is 34.1 Å². The number of hydrogen-bond acceptors (Lipinski definition) is 6. The standard InChI is InChI=1S/C21H21N5O2/c1-13-9-19(26-8-6-16-20(22)24-12-25-21(16)26)28-18(13)11-27-15-5-4-14-3-2-7-23-17(14)10-15/h2-8,10,12-13,18-19H,9,11H2,1H3,(H2,22,24,25). The molecule has 0 radical (unpaired) electrons. The van der Waals surface area contributed by atoms with Crippen LogP contribution in [0.1, 0.15) is 19.6 Å². The minimum Gasteiger partial charge on any atom is -0.491 e. The molecule has 28 heavy (non-hydrogen) atoms. The first-order valence-electron chi connectivity index (χ1n) is 9.39. The van der Waals surface area contributed by atoms with Crippen molar-refractivity contribution in [1.82, 2.24) is 19.5 Å². The zero-order chi connectivity index (χ0) is 19.1.